The van der Waals surface area contributed by atoms with Gasteiger partial charge in [-0.2, -0.15) is 0 Å². The van der Waals surface area contributed by atoms with Crippen molar-refractivity contribution in [2.24, 2.45) is 0 Å². The zero-order valence-corrected chi connectivity index (χ0v) is 48.7. The van der Waals surface area contributed by atoms with Gasteiger partial charge in [0.15, 0.2) is 0 Å². The van der Waals surface area contributed by atoms with Gasteiger partial charge in [0.05, 0.1) is 0 Å². The van der Waals surface area contributed by atoms with Crippen LogP contribution in [-0.2, 0) is 50.1 Å². The summed E-state index contributed by atoms with van der Waals surface area (Å²) in [4.78, 5) is 0. The van der Waals surface area contributed by atoms with Crippen LogP contribution in [0, 0.1) is 0 Å². The third-order valence-electron chi connectivity index (χ3n) is 15.3. The summed E-state index contributed by atoms with van der Waals surface area (Å²) in [5, 5.41) is 0. The number of unbranched alkanes of at least 4 members (excludes halogenated alkanes) is 2. The van der Waals surface area contributed by atoms with Crippen molar-refractivity contribution in [2.45, 2.75) is 204 Å². The second-order valence-corrected chi connectivity index (χ2v) is 66.9. The van der Waals surface area contributed by atoms with Gasteiger partial charge >= 0.3 is 405 Å². The van der Waals surface area contributed by atoms with Crippen LogP contribution in [0.3, 0.4) is 0 Å². The van der Waals surface area contributed by atoms with E-state index in [1.54, 1.807) is 0 Å². The van der Waals surface area contributed by atoms with Gasteiger partial charge in [0.2, 0.25) is 0 Å². The second-order valence-electron chi connectivity index (χ2n) is 24.4. The first kappa shape index (κ1) is 51.4. The molecule has 64 heavy (non-hydrogen) atoms. The van der Waals surface area contributed by atoms with Crippen molar-refractivity contribution in [3.8, 4) is 22.3 Å². The van der Waals surface area contributed by atoms with Gasteiger partial charge < -0.3 is 0 Å². The van der Waals surface area contributed by atoms with Crippen LogP contribution in [0.5, 0.6) is 0 Å². The van der Waals surface area contributed by atoms with Crippen LogP contribution in [-0.4, -0.2) is 5.92 Å². The first-order chi connectivity index (χ1) is 29.6. The molecule has 2 atom stereocenters. The standard InChI is InChI=1S/2C29H39.C2H7Si.2ClH.Zr/c2*1-9-11-12-20-15-22-14-13-21(10-2)27(26(22)16-20)23-17-24(28(3,4)5)19-25(18-23)29(6,7)8;1-3-2;;;/h2*13-19H,9-12H2,1-8H3;3H,1-2H3;2*1H;/q;;;;;+2/p-2. The van der Waals surface area contributed by atoms with E-state index in [9.17, 15) is 17.0 Å². The van der Waals surface area contributed by atoms with Gasteiger partial charge in [0.25, 0.3) is 0 Å². The van der Waals surface area contributed by atoms with Crippen LogP contribution in [0.4, 0.5) is 0 Å². The normalized spacial score (nSPS) is 17.6. The van der Waals surface area contributed by atoms with E-state index in [1.165, 1.54) is 89.0 Å². The van der Waals surface area contributed by atoms with E-state index < -0.39 is 21.5 Å². The minimum absolute atomic E-state index is 0.0200. The number of halogens is 2. The van der Waals surface area contributed by atoms with Crippen LogP contribution in [0.1, 0.15) is 212 Å². The monoisotopic (exact) mass is 993 g/mol. The Balaban J connectivity index is 1.70. The average Bonchev–Trinajstić information content (AvgIpc) is 3.79. The van der Waals surface area contributed by atoms with Gasteiger partial charge in [-0.1, -0.05) is 0 Å². The Morgan fingerprint density at radius 1 is 0.484 bits per heavy atom. The van der Waals surface area contributed by atoms with E-state index in [1.807, 2.05) is 0 Å². The molecule has 0 aromatic heterocycles. The Kier molecular flexibility index (Phi) is 14.9. The van der Waals surface area contributed by atoms with Gasteiger partial charge in [-0.15, -0.1) is 0 Å². The molecule has 0 saturated carbocycles. The van der Waals surface area contributed by atoms with E-state index in [-0.39, 0.29) is 28.9 Å². The molecule has 0 radical (unpaired) electrons. The van der Waals surface area contributed by atoms with Gasteiger partial charge in [0.1, 0.15) is 0 Å². The van der Waals surface area contributed by atoms with E-state index in [0.29, 0.717) is 0 Å². The number of benzene rings is 4. The molecule has 0 saturated heterocycles. The molecule has 6 rings (SSSR count). The number of allylic oxidation sites excluding steroid dienone is 2. The zero-order valence-electron chi connectivity index (χ0n) is 43.6. The third kappa shape index (κ3) is 9.55. The Bertz CT molecular complexity index is 2220. The minimum atomic E-state index is -5.10. The second kappa shape index (κ2) is 18.5. The van der Waals surface area contributed by atoms with Crippen molar-refractivity contribution >= 4 is 35.1 Å². The summed E-state index contributed by atoms with van der Waals surface area (Å²) in [5.41, 5.74) is 22.6. The molecular formula is C60H85Cl2SiZr. The summed E-state index contributed by atoms with van der Waals surface area (Å²) < 4.78 is 0.144. The predicted molar refractivity (Wildman–Crippen MR) is 288 cm³/mol. The van der Waals surface area contributed by atoms with Crippen molar-refractivity contribution < 1.29 is 15.6 Å². The summed E-state index contributed by atoms with van der Waals surface area (Å²) in [5.74, 6) is -1.77. The van der Waals surface area contributed by atoms with Crippen LogP contribution in [0.2, 0.25) is 13.1 Å². The third-order valence-corrected chi connectivity index (χ3v) is 67.1. The van der Waals surface area contributed by atoms with Gasteiger partial charge in [-0.3, -0.25) is 0 Å². The number of aryl methyl sites for hydroxylation is 2. The maximum absolute atomic E-state index is 9.18. The molecule has 0 bridgehead atoms. The number of rotatable bonds is 13. The molecule has 4 aromatic carbocycles. The molecule has 0 aliphatic heterocycles. The zero-order chi connectivity index (χ0) is 47.6. The molecule has 0 spiro atoms. The summed E-state index contributed by atoms with van der Waals surface area (Å²) in [6, 6.07) is 24.9. The molecule has 2 aliphatic rings. The number of fused-ring (bicyclic) bond motifs is 2. The number of hydrogen-bond acceptors (Lipinski definition) is 0. The Labute approximate surface area is 401 Å². The molecule has 347 valence electrons. The Hall–Kier alpha value is -1.96. The molecule has 4 heteroatoms. The van der Waals surface area contributed by atoms with Crippen molar-refractivity contribution in [1.82, 2.24) is 0 Å². The van der Waals surface area contributed by atoms with Gasteiger partial charge in [0, 0.05) is 0 Å². The van der Waals surface area contributed by atoms with Gasteiger partial charge in [-0.05, 0) is 0 Å². The molecule has 0 N–H and O–H groups in total. The summed E-state index contributed by atoms with van der Waals surface area (Å²) >= 11 is -5.10. The molecule has 2 aliphatic carbocycles. The Morgan fingerprint density at radius 2 is 0.797 bits per heavy atom. The molecule has 0 heterocycles. The molecule has 0 amide bonds. The van der Waals surface area contributed by atoms with Crippen LogP contribution < -0.4 is 0 Å². The van der Waals surface area contributed by atoms with E-state index in [2.05, 4.69) is 197 Å². The fourth-order valence-electron chi connectivity index (χ4n) is 11.0. The van der Waals surface area contributed by atoms with Crippen LogP contribution >= 0.6 is 17.0 Å². The van der Waals surface area contributed by atoms with Gasteiger partial charge in [-0.25, -0.2) is 0 Å². The predicted octanol–water partition coefficient (Wildman–Crippen LogP) is 19.3. The SMILES string of the molecule is CCCCC1=Cc2c(ccc(CC)c2-c2cc(C(C)(C)C)cc(C(C)(C)C)c2)[CH]1[Zr]([Cl])([Cl])([CH]1C(CCCC)=Cc2c1ccc(CC)c2-c1cc(C(C)(C)C)cc(C(C)(C)C)c1)[SiH](C)C. The molecule has 4 aromatic rings. The first-order valence-electron chi connectivity index (χ1n) is 25.2. The fourth-order valence-corrected chi connectivity index (χ4v) is 42.5. The van der Waals surface area contributed by atoms with Crippen molar-refractivity contribution in [3.05, 3.63) is 127 Å². The van der Waals surface area contributed by atoms with E-state index >= 15 is 0 Å². The van der Waals surface area contributed by atoms with Crippen LogP contribution in [0.25, 0.3) is 34.4 Å². The number of hydrogen-bond donors (Lipinski definition) is 0. The molecule has 0 fully saturated rings. The van der Waals surface area contributed by atoms with Crippen molar-refractivity contribution in [3.63, 3.8) is 0 Å². The summed E-state index contributed by atoms with van der Waals surface area (Å²) in [6.07, 6.45) is 13.9. The maximum atomic E-state index is 9.18. The topological polar surface area (TPSA) is 0 Å². The van der Waals surface area contributed by atoms with Crippen molar-refractivity contribution in [1.29, 1.82) is 0 Å². The van der Waals surface area contributed by atoms with Crippen LogP contribution in [0.15, 0.2) is 71.8 Å². The van der Waals surface area contributed by atoms with E-state index in [4.69, 9.17) is 0 Å². The molecule has 2 unspecified atom stereocenters. The summed E-state index contributed by atoms with van der Waals surface area (Å²) in [6.45, 7) is 42.7. The van der Waals surface area contributed by atoms with E-state index in [0.717, 1.165) is 51.4 Å². The average molecular weight is 997 g/mol. The molecular weight excluding hydrogens is 911 g/mol. The Morgan fingerprint density at radius 3 is 1.05 bits per heavy atom. The fraction of sp³-hybridized carbons (Fsp3) is 0.533. The summed E-state index contributed by atoms with van der Waals surface area (Å²) in [7, 11) is 18.4. The quantitative estimate of drug-likeness (QED) is 0.117. The molecule has 0 nitrogen and oxygen atoms in total. The van der Waals surface area contributed by atoms with Crippen molar-refractivity contribution in [2.75, 3.05) is 0 Å². The first-order valence-corrected chi connectivity index (χ1v) is 41.5.